The van der Waals surface area contributed by atoms with Crippen molar-refractivity contribution in [2.75, 3.05) is 13.2 Å². The Morgan fingerprint density at radius 1 is 1.40 bits per heavy atom. The first kappa shape index (κ1) is 10.5. The summed E-state index contributed by atoms with van der Waals surface area (Å²) in [6.45, 7) is 1.76. The van der Waals surface area contributed by atoms with Crippen LogP contribution in [0.1, 0.15) is 25.0 Å². The average molecular weight is 207 g/mol. The monoisotopic (exact) mass is 207 g/mol. The first-order valence-electron chi connectivity index (χ1n) is 5.50. The van der Waals surface area contributed by atoms with Crippen LogP contribution in [0.3, 0.4) is 0 Å². The predicted molar refractivity (Wildman–Crippen MR) is 57.2 cm³/mol. The average Bonchev–Trinajstić information content (AvgIpc) is 2.17. The second-order valence-corrected chi connectivity index (χ2v) is 3.98. The third kappa shape index (κ3) is 2.73. The summed E-state index contributed by atoms with van der Waals surface area (Å²) in [5.74, 6) is 0. The summed E-state index contributed by atoms with van der Waals surface area (Å²) < 4.78 is 0. The summed E-state index contributed by atoms with van der Waals surface area (Å²) in [6.07, 6.45) is 9.01. The maximum atomic E-state index is 9.01. The molecule has 2 rings (SSSR count). The second-order valence-electron chi connectivity index (χ2n) is 3.98. The summed E-state index contributed by atoms with van der Waals surface area (Å²) in [4.78, 5) is 10.6. The van der Waals surface area contributed by atoms with Crippen molar-refractivity contribution in [1.82, 2.24) is 14.9 Å². The van der Waals surface area contributed by atoms with Gasteiger partial charge in [0.15, 0.2) is 0 Å². The minimum atomic E-state index is 0.219. The largest absolute Gasteiger partial charge is 0.395 e. The molecule has 82 valence electrons. The molecule has 4 nitrogen and oxygen atoms in total. The zero-order valence-corrected chi connectivity index (χ0v) is 8.84. The van der Waals surface area contributed by atoms with E-state index in [0.29, 0.717) is 6.04 Å². The van der Waals surface area contributed by atoms with E-state index in [4.69, 9.17) is 5.11 Å². The lowest BCUT2D eigenvalue weighted by atomic mass is 9.91. The molecular formula is C11H17N3O. The summed E-state index contributed by atoms with van der Waals surface area (Å²) in [6, 6.07) is 0.638. The Bertz CT molecular complexity index is 287. The molecule has 1 aliphatic rings. The molecule has 0 aromatic carbocycles. The molecule has 0 unspecified atom stereocenters. The van der Waals surface area contributed by atoms with Crippen LogP contribution < -0.4 is 0 Å². The molecule has 1 saturated carbocycles. The van der Waals surface area contributed by atoms with Crippen molar-refractivity contribution in [3.05, 3.63) is 24.3 Å². The molecule has 0 aliphatic heterocycles. The van der Waals surface area contributed by atoms with Gasteiger partial charge in [0.05, 0.1) is 12.3 Å². The Morgan fingerprint density at radius 2 is 2.27 bits per heavy atom. The van der Waals surface area contributed by atoms with Crippen LogP contribution in [0.5, 0.6) is 0 Å². The van der Waals surface area contributed by atoms with Crippen LogP contribution in [0.2, 0.25) is 0 Å². The summed E-state index contributed by atoms with van der Waals surface area (Å²) in [5, 5.41) is 9.01. The standard InChI is InChI=1S/C11H17N3O/c15-7-6-14(11-2-1-3-11)9-10-8-12-4-5-13-10/h4-5,8,11,15H,1-3,6-7,9H2. The maximum Gasteiger partial charge on any atom is 0.0726 e. The quantitative estimate of drug-likeness (QED) is 0.776. The number of hydrogen-bond donors (Lipinski definition) is 1. The fraction of sp³-hybridized carbons (Fsp3) is 0.636. The Balaban J connectivity index is 1.93. The van der Waals surface area contributed by atoms with Gasteiger partial charge in [-0.15, -0.1) is 0 Å². The molecule has 4 heteroatoms. The van der Waals surface area contributed by atoms with E-state index >= 15 is 0 Å². The molecule has 1 aliphatic carbocycles. The van der Waals surface area contributed by atoms with Crippen LogP contribution in [0.25, 0.3) is 0 Å². The van der Waals surface area contributed by atoms with Gasteiger partial charge in [-0.2, -0.15) is 0 Å². The van der Waals surface area contributed by atoms with Crippen molar-refractivity contribution in [2.45, 2.75) is 31.8 Å². The Morgan fingerprint density at radius 3 is 2.80 bits per heavy atom. The minimum Gasteiger partial charge on any atom is -0.395 e. The Hall–Kier alpha value is -1.00. The van der Waals surface area contributed by atoms with Crippen molar-refractivity contribution in [3.63, 3.8) is 0 Å². The molecule has 1 heterocycles. The molecular weight excluding hydrogens is 190 g/mol. The van der Waals surface area contributed by atoms with Crippen LogP contribution in [0, 0.1) is 0 Å². The molecule has 15 heavy (non-hydrogen) atoms. The van der Waals surface area contributed by atoms with Gasteiger partial charge in [-0.1, -0.05) is 6.42 Å². The molecule has 1 fully saturated rings. The second kappa shape index (κ2) is 5.19. The van der Waals surface area contributed by atoms with E-state index < -0.39 is 0 Å². The van der Waals surface area contributed by atoms with Crippen LogP contribution in [-0.2, 0) is 6.54 Å². The third-order valence-corrected chi connectivity index (χ3v) is 2.96. The highest BCUT2D eigenvalue weighted by Gasteiger charge is 2.24. The lowest BCUT2D eigenvalue weighted by Crippen LogP contribution is -2.41. The van der Waals surface area contributed by atoms with E-state index in [2.05, 4.69) is 14.9 Å². The molecule has 1 N–H and O–H groups in total. The van der Waals surface area contributed by atoms with Crippen LogP contribution in [0.15, 0.2) is 18.6 Å². The number of nitrogens with zero attached hydrogens (tertiary/aromatic N) is 3. The Labute approximate surface area is 90.0 Å². The van der Waals surface area contributed by atoms with Gasteiger partial charge in [0.25, 0.3) is 0 Å². The van der Waals surface area contributed by atoms with Crippen LogP contribution >= 0.6 is 0 Å². The highest BCUT2D eigenvalue weighted by atomic mass is 16.3. The van der Waals surface area contributed by atoms with Crippen LogP contribution in [0.4, 0.5) is 0 Å². The van der Waals surface area contributed by atoms with Crippen molar-refractivity contribution < 1.29 is 5.11 Å². The number of rotatable bonds is 5. The van der Waals surface area contributed by atoms with E-state index in [0.717, 1.165) is 18.8 Å². The van der Waals surface area contributed by atoms with Gasteiger partial charge in [-0.3, -0.25) is 14.9 Å². The van der Waals surface area contributed by atoms with E-state index in [9.17, 15) is 0 Å². The smallest absolute Gasteiger partial charge is 0.0726 e. The molecule has 0 radical (unpaired) electrons. The topological polar surface area (TPSA) is 49.2 Å². The molecule has 0 saturated heterocycles. The van der Waals surface area contributed by atoms with Crippen molar-refractivity contribution in [3.8, 4) is 0 Å². The van der Waals surface area contributed by atoms with Gasteiger partial charge in [0.2, 0.25) is 0 Å². The molecule has 0 spiro atoms. The van der Waals surface area contributed by atoms with Crippen LogP contribution in [-0.4, -0.2) is 39.2 Å². The van der Waals surface area contributed by atoms with E-state index in [1.54, 1.807) is 18.6 Å². The molecule has 1 aromatic heterocycles. The minimum absolute atomic E-state index is 0.219. The first-order valence-corrected chi connectivity index (χ1v) is 5.50. The van der Waals surface area contributed by atoms with Gasteiger partial charge in [-0.05, 0) is 12.8 Å². The number of aliphatic hydroxyl groups is 1. The zero-order valence-electron chi connectivity index (χ0n) is 8.84. The lowest BCUT2D eigenvalue weighted by Gasteiger charge is -2.36. The highest BCUT2D eigenvalue weighted by molar-refractivity contribution is 4.96. The van der Waals surface area contributed by atoms with E-state index in [1.807, 2.05) is 0 Å². The van der Waals surface area contributed by atoms with Crippen molar-refractivity contribution in [1.29, 1.82) is 0 Å². The van der Waals surface area contributed by atoms with E-state index in [-0.39, 0.29) is 6.61 Å². The molecule has 1 aromatic rings. The predicted octanol–water partition coefficient (Wildman–Crippen LogP) is 0.823. The fourth-order valence-electron chi connectivity index (χ4n) is 1.89. The molecule has 0 amide bonds. The lowest BCUT2D eigenvalue weighted by molar-refractivity contribution is 0.0932. The molecule has 0 atom stereocenters. The van der Waals surface area contributed by atoms with Gasteiger partial charge < -0.3 is 5.11 Å². The van der Waals surface area contributed by atoms with Gasteiger partial charge in [0.1, 0.15) is 0 Å². The summed E-state index contributed by atoms with van der Waals surface area (Å²) in [5.41, 5.74) is 0.984. The normalized spacial score (nSPS) is 16.7. The van der Waals surface area contributed by atoms with Crippen molar-refractivity contribution in [2.24, 2.45) is 0 Å². The van der Waals surface area contributed by atoms with Gasteiger partial charge >= 0.3 is 0 Å². The van der Waals surface area contributed by atoms with Gasteiger partial charge in [0, 0.05) is 37.7 Å². The number of aliphatic hydroxyl groups excluding tert-OH is 1. The maximum absolute atomic E-state index is 9.01. The highest BCUT2D eigenvalue weighted by Crippen LogP contribution is 2.25. The third-order valence-electron chi connectivity index (χ3n) is 2.96. The summed E-state index contributed by atoms with van der Waals surface area (Å²) in [7, 11) is 0. The first-order chi connectivity index (χ1) is 7.40. The fourth-order valence-corrected chi connectivity index (χ4v) is 1.89. The van der Waals surface area contributed by atoms with E-state index in [1.165, 1.54) is 19.3 Å². The zero-order chi connectivity index (χ0) is 10.5. The van der Waals surface area contributed by atoms with Gasteiger partial charge in [-0.25, -0.2) is 0 Å². The van der Waals surface area contributed by atoms with Crippen molar-refractivity contribution >= 4 is 0 Å². The number of hydrogen-bond acceptors (Lipinski definition) is 4. The Kier molecular flexibility index (Phi) is 3.64. The number of aromatic nitrogens is 2. The summed E-state index contributed by atoms with van der Waals surface area (Å²) >= 11 is 0. The molecule has 0 bridgehead atoms. The SMILES string of the molecule is OCCN(Cc1cnccn1)C1CCC1.